The van der Waals surface area contributed by atoms with Gasteiger partial charge in [-0.2, -0.15) is 0 Å². The zero-order chi connectivity index (χ0) is 18.0. The molecule has 0 radical (unpaired) electrons. The molecule has 6 heteroatoms. The van der Waals surface area contributed by atoms with Gasteiger partial charge in [0.1, 0.15) is 0 Å². The van der Waals surface area contributed by atoms with Gasteiger partial charge in [0.25, 0.3) is 0 Å². The van der Waals surface area contributed by atoms with Gasteiger partial charge in [0.15, 0.2) is 11.5 Å². The molecule has 0 unspecified atom stereocenters. The fraction of sp³-hybridized carbons (Fsp3) is 0.650. The van der Waals surface area contributed by atoms with Gasteiger partial charge in [0, 0.05) is 26.2 Å². The Kier molecular flexibility index (Phi) is 5.05. The maximum Gasteiger partial charge on any atom is 0.236 e. The van der Waals surface area contributed by atoms with Gasteiger partial charge in [0.2, 0.25) is 12.7 Å². The van der Waals surface area contributed by atoms with Crippen molar-refractivity contribution in [1.29, 1.82) is 0 Å². The van der Waals surface area contributed by atoms with Crippen LogP contribution in [0.3, 0.4) is 0 Å². The molecular weight excluding hydrogens is 332 g/mol. The molecule has 3 heterocycles. The van der Waals surface area contributed by atoms with Crippen molar-refractivity contribution < 1.29 is 19.4 Å². The average Bonchev–Trinajstić information content (AvgIpc) is 2.95. The van der Waals surface area contributed by atoms with E-state index in [2.05, 4.69) is 4.90 Å². The van der Waals surface area contributed by atoms with E-state index >= 15 is 0 Å². The first-order valence-electron chi connectivity index (χ1n) is 9.77. The van der Waals surface area contributed by atoms with Crippen molar-refractivity contribution in [1.82, 2.24) is 9.80 Å². The normalized spacial score (nSPS) is 22.9. The van der Waals surface area contributed by atoms with E-state index in [9.17, 15) is 9.90 Å². The van der Waals surface area contributed by atoms with Crippen molar-refractivity contribution in [2.45, 2.75) is 44.1 Å². The Morgan fingerprint density at radius 2 is 1.69 bits per heavy atom. The van der Waals surface area contributed by atoms with Crippen LogP contribution in [0.4, 0.5) is 0 Å². The van der Waals surface area contributed by atoms with E-state index in [1.54, 1.807) is 0 Å². The number of piperidine rings is 1. The molecule has 0 bridgehead atoms. The molecule has 0 aromatic heterocycles. The first-order valence-corrected chi connectivity index (χ1v) is 9.77. The second kappa shape index (κ2) is 7.45. The van der Waals surface area contributed by atoms with E-state index in [0.717, 1.165) is 50.3 Å². The lowest BCUT2D eigenvalue weighted by Crippen LogP contribution is -2.47. The summed E-state index contributed by atoms with van der Waals surface area (Å²) in [5.41, 5.74) is 0.0172. The molecule has 0 saturated carbocycles. The van der Waals surface area contributed by atoms with E-state index in [1.165, 1.54) is 12.8 Å². The predicted molar refractivity (Wildman–Crippen MR) is 97.2 cm³/mol. The van der Waals surface area contributed by atoms with Gasteiger partial charge in [-0.05, 0) is 43.4 Å². The number of hydrogen-bond acceptors (Lipinski definition) is 5. The Labute approximate surface area is 154 Å². The molecule has 4 rings (SSSR count). The van der Waals surface area contributed by atoms with Crippen LogP contribution in [0.25, 0.3) is 0 Å². The van der Waals surface area contributed by atoms with Crippen LogP contribution < -0.4 is 9.47 Å². The van der Waals surface area contributed by atoms with Crippen LogP contribution in [0.5, 0.6) is 11.5 Å². The minimum Gasteiger partial charge on any atom is -0.454 e. The lowest BCUT2D eigenvalue weighted by atomic mass is 9.84. The fourth-order valence-electron chi connectivity index (χ4n) is 4.17. The zero-order valence-electron chi connectivity index (χ0n) is 15.3. The number of fused-ring (bicyclic) bond motifs is 1. The highest BCUT2D eigenvalue weighted by Gasteiger charge is 2.35. The van der Waals surface area contributed by atoms with Crippen molar-refractivity contribution in [3.63, 3.8) is 0 Å². The number of benzene rings is 1. The molecule has 0 spiro atoms. The Morgan fingerprint density at radius 3 is 2.42 bits per heavy atom. The Morgan fingerprint density at radius 1 is 1.00 bits per heavy atom. The van der Waals surface area contributed by atoms with E-state index < -0.39 is 5.60 Å². The van der Waals surface area contributed by atoms with Gasteiger partial charge in [0.05, 0.1) is 12.1 Å². The van der Waals surface area contributed by atoms with Crippen molar-refractivity contribution in [3.05, 3.63) is 23.8 Å². The Hall–Kier alpha value is -1.79. The molecule has 3 aliphatic heterocycles. The third kappa shape index (κ3) is 3.67. The summed E-state index contributed by atoms with van der Waals surface area (Å²) in [6, 6.07) is 5.68. The molecule has 6 nitrogen and oxygen atoms in total. The monoisotopic (exact) mass is 360 g/mol. The van der Waals surface area contributed by atoms with E-state index in [-0.39, 0.29) is 12.7 Å². The minimum atomic E-state index is -0.858. The number of aliphatic hydroxyl groups is 1. The SMILES string of the molecule is O=C(CN1CCC(O)(c2ccc3c(c2)OCO3)CC1)N1CCCCCC1. The van der Waals surface area contributed by atoms with Gasteiger partial charge in [-0.3, -0.25) is 9.69 Å². The summed E-state index contributed by atoms with van der Waals surface area (Å²) in [6.45, 7) is 3.96. The number of carbonyl (C=O) groups excluding carboxylic acids is 1. The van der Waals surface area contributed by atoms with Crippen molar-refractivity contribution in [2.75, 3.05) is 39.5 Å². The summed E-state index contributed by atoms with van der Waals surface area (Å²) in [5.74, 6) is 1.67. The molecule has 3 aliphatic rings. The highest BCUT2D eigenvalue weighted by Crippen LogP contribution is 2.39. The fourth-order valence-corrected chi connectivity index (χ4v) is 4.17. The lowest BCUT2D eigenvalue weighted by molar-refractivity contribution is -0.133. The number of rotatable bonds is 3. The van der Waals surface area contributed by atoms with Crippen LogP contribution in [-0.2, 0) is 10.4 Å². The van der Waals surface area contributed by atoms with Gasteiger partial charge in [-0.25, -0.2) is 0 Å². The smallest absolute Gasteiger partial charge is 0.236 e. The van der Waals surface area contributed by atoms with Crippen LogP contribution in [0, 0.1) is 0 Å². The van der Waals surface area contributed by atoms with Gasteiger partial charge in [-0.15, -0.1) is 0 Å². The summed E-state index contributed by atoms with van der Waals surface area (Å²) >= 11 is 0. The Bertz CT molecular complexity index is 647. The van der Waals surface area contributed by atoms with Crippen LogP contribution in [0.15, 0.2) is 18.2 Å². The van der Waals surface area contributed by atoms with Gasteiger partial charge < -0.3 is 19.5 Å². The first kappa shape index (κ1) is 17.6. The molecule has 142 valence electrons. The summed E-state index contributed by atoms with van der Waals surface area (Å²) in [7, 11) is 0. The van der Waals surface area contributed by atoms with Crippen LogP contribution in [-0.4, -0.2) is 60.3 Å². The quantitative estimate of drug-likeness (QED) is 0.894. The highest BCUT2D eigenvalue weighted by atomic mass is 16.7. The second-order valence-corrected chi connectivity index (χ2v) is 7.67. The number of hydrogen-bond donors (Lipinski definition) is 1. The minimum absolute atomic E-state index is 0.236. The van der Waals surface area contributed by atoms with E-state index in [4.69, 9.17) is 9.47 Å². The lowest BCUT2D eigenvalue weighted by Gasteiger charge is -2.38. The van der Waals surface area contributed by atoms with Crippen molar-refractivity contribution in [3.8, 4) is 11.5 Å². The summed E-state index contributed by atoms with van der Waals surface area (Å²) in [4.78, 5) is 16.8. The van der Waals surface area contributed by atoms with E-state index in [0.29, 0.717) is 25.1 Å². The van der Waals surface area contributed by atoms with E-state index in [1.807, 2.05) is 23.1 Å². The van der Waals surface area contributed by atoms with Gasteiger partial charge >= 0.3 is 0 Å². The van der Waals surface area contributed by atoms with Crippen molar-refractivity contribution >= 4 is 5.91 Å². The third-order valence-electron chi connectivity index (χ3n) is 5.91. The molecule has 1 aromatic carbocycles. The van der Waals surface area contributed by atoms with Crippen LogP contribution in [0.1, 0.15) is 44.1 Å². The number of ether oxygens (including phenoxy) is 2. The van der Waals surface area contributed by atoms with Crippen molar-refractivity contribution in [2.24, 2.45) is 0 Å². The molecule has 0 atom stereocenters. The number of carbonyl (C=O) groups is 1. The molecule has 1 N–H and O–H groups in total. The maximum absolute atomic E-state index is 12.6. The second-order valence-electron chi connectivity index (χ2n) is 7.67. The zero-order valence-corrected chi connectivity index (χ0v) is 15.3. The molecule has 26 heavy (non-hydrogen) atoms. The first-order chi connectivity index (χ1) is 12.6. The predicted octanol–water partition coefficient (Wildman–Crippen LogP) is 2.10. The standard InChI is InChI=1S/C20H28N2O4/c23-19(22-9-3-1-2-4-10-22)14-21-11-7-20(24,8-12-21)16-5-6-17-18(13-16)26-15-25-17/h5-6,13,24H,1-4,7-12,14-15H2. The van der Waals surface area contributed by atoms with Crippen LogP contribution >= 0.6 is 0 Å². The third-order valence-corrected chi connectivity index (χ3v) is 5.91. The molecule has 1 aromatic rings. The van der Waals surface area contributed by atoms with Gasteiger partial charge in [-0.1, -0.05) is 18.9 Å². The van der Waals surface area contributed by atoms with Crippen LogP contribution in [0.2, 0.25) is 0 Å². The molecule has 2 fully saturated rings. The maximum atomic E-state index is 12.6. The topological polar surface area (TPSA) is 62.2 Å². The number of likely N-dealkylation sites (tertiary alicyclic amines) is 2. The summed E-state index contributed by atoms with van der Waals surface area (Å²) < 4.78 is 10.8. The number of nitrogens with zero attached hydrogens (tertiary/aromatic N) is 2. The molecule has 0 aliphatic carbocycles. The largest absolute Gasteiger partial charge is 0.454 e. The molecule has 1 amide bonds. The molecule has 2 saturated heterocycles. The molecular formula is C20H28N2O4. The number of amides is 1. The summed E-state index contributed by atoms with van der Waals surface area (Å²) in [5, 5.41) is 11.1. The highest BCUT2D eigenvalue weighted by molar-refractivity contribution is 5.78. The summed E-state index contributed by atoms with van der Waals surface area (Å²) in [6.07, 6.45) is 5.96. The average molecular weight is 360 g/mol. The Balaban J connectivity index is 1.34.